The molecule has 5 heteroatoms. The van der Waals surface area contributed by atoms with Gasteiger partial charge in [-0.1, -0.05) is 13.8 Å². The van der Waals surface area contributed by atoms with Gasteiger partial charge in [-0.2, -0.15) is 0 Å². The van der Waals surface area contributed by atoms with Gasteiger partial charge < -0.3 is 9.73 Å². The van der Waals surface area contributed by atoms with Crippen LogP contribution in [-0.2, 0) is 0 Å². The van der Waals surface area contributed by atoms with Crippen molar-refractivity contribution in [3.63, 3.8) is 0 Å². The normalized spacial score (nSPS) is 12.8. The molecule has 0 aliphatic rings. The van der Waals surface area contributed by atoms with Gasteiger partial charge in [-0.3, -0.25) is 4.79 Å². The van der Waals surface area contributed by atoms with Gasteiger partial charge in [-0.15, -0.1) is 11.6 Å². The summed E-state index contributed by atoms with van der Waals surface area (Å²) >= 11 is 8.95. The molecule has 90 valence electrons. The Morgan fingerprint density at radius 2 is 2.25 bits per heavy atom. The highest BCUT2D eigenvalue weighted by molar-refractivity contribution is 9.10. The van der Waals surface area contributed by atoms with E-state index in [1.807, 2.05) is 0 Å². The number of amides is 1. The molecule has 1 heterocycles. The van der Waals surface area contributed by atoms with Gasteiger partial charge in [0.2, 0.25) is 0 Å². The molecule has 0 aliphatic heterocycles. The lowest BCUT2D eigenvalue weighted by atomic mass is 10.1. The minimum Gasteiger partial charge on any atom is -0.444 e. The van der Waals surface area contributed by atoms with Gasteiger partial charge in [0.25, 0.3) is 5.91 Å². The zero-order chi connectivity index (χ0) is 12.1. The molecular formula is C11H15BrClNO2. The molecule has 1 unspecified atom stereocenters. The van der Waals surface area contributed by atoms with Gasteiger partial charge in [0.15, 0.2) is 10.4 Å². The van der Waals surface area contributed by atoms with Crippen molar-refractivity contribution in [1.82, 2.24) is 5.32 Å². The first-order valence-electron chi connectivity index (χ1n) is 5.15. The summed E-state index contributed by atoms with van der Waals surface area (Å²) in [6.07, 6.45) is 0.858. The Labute approximate surface area is 109 Å². The second kappa shape index (κ2) is 6.30. The van der Waals surface area contributed by atoms with E-state index in [2.05, 4.69) is 35.1 Å². The molecule has 0 bridgehead atoms. The summed E-state index contributed by atoms with van der Waals surface area (Å²) in [6, 6.07) is 3.30. The van der Waals surface area contributed by atoms with Crippen molar-refractivity contribution in [3.8, 4) is 0 Å². The van der Waals surface area contributed by atoms with Crippen LogP contribution in [0.4, 0.5) is 0 Å². The van der Waals surface area contributed by atoms with Gasteiger partial charge in [0.05, 0.1) is 0 Å². The van der Waals surface area contributed by atoms with E-state index in [4.69, 9.17) is 16.0 Å². The van der Waals surface area contributed by atoms with Crippen molar-refractivity contribution >= 4 is 33.4 Å². The lowest BCUT2D eigenvalue weighted by Crippen LogP contribution is -2.36. The fraction of sp³-hybridized carbons (Fsp3) is 0.545. The van der Waals surface area contributed by atoms with Crippen LogP contribution in [0.1, 0.15) is 30.8 Å². The van der Waals surface area contributed by atoms with Crippen molar-refractivity contribution in [1.29, 1.82) is 0 Å². The largest absolute Gasteiger partial charge is 0.444 e. The van der Waals surface area contributed by atoms with Crippen molar-refractivity contribution < 1.29 is 9.21 Å². The van der Waals surface area contributed by atoms with Crippen LogP contribution in [0.15, 0.2) is 21.2 Å². The minimum absolute atomic E-state index is 0.0157. The Kier molecular flexibility index (Phi) is 5.35. The number of hydrogen-bond donors (Lipinski definition) is 1. The van der Waals surface area contributed by atoms with E-state index in [0.29, 0.717) is 22.2 Å². The molecule has 3 nitrogen and oxygen atoms in total. The van der Waals surface area contributed by atoms with Gasteiger partial charge in [0.1, 0.15) is 0 Å². The van der Waals surface area contributed by atoms with Crippen LogP contribution < -0.4 is 5.32 Å². The molecule has 1 atom stereocenters. The van der Waals surface area contributed by atoms with E-state index in [1.54, 1.807) is 12.1 Å². The van der Waals surface area contributed by atoms with E-state index in [-0.39, 0.29) is 11.9 Å². The standard InChI is InChI=1S/C11H15BrClNO2/c1-7(2)5-8(6-13)14-11(15)9-3-4-10(12)16-9/h3-4,7-8H,5-6H2,1-2H3,(H,14,15). The van der Waals surface area contributed by atoms with E-state index >= 15 is 0 Å². The Morgan fingerprint density at radius 1 is 1.56 bits per heavy atom. The van der Waals surface area contributed by atoms with Crippen LogP contribution in [0.3, 0.4) is 0 Å². The monoisotopic (exact) mass is 307 g/mol. The molecule has 16 heavy (non-hydrogen) atoms. The zero-order valence-corrected chi connectivity index (χ0v) is 11.6. The number of nitrogens with one attached hydrogen (secondary N) is 1. The summed E-state index contributed by atoms with van der Waals surface area (Å²) in [4.78, 5) is 11.7. The fourth-order valence-corrected chi connectivity index (χ4v) is 1.93. The Morgan fingerprint density at radius 3 is 2.69 bits per heavy atom. The summed E-state index contributed by atoms with van der Waals surface area (Å²) < 4.78 is 5.70. The molecule has 1 aromatic rings. The zero-order valence-electron chi connectivity index (χ0n) is 9.30. The fourth-order valence-electron chi connectivity index (χ4n) is 1.42. The first-order chi connectivity index (χ1) is 7.52. The molecular weight excluding hydrogens is 293 g/mol. The van der Waals surface area contributed by atoms with E-state index < -0.39 is 0 Å². The van der Waals surface area contributed by atoms with Crippen molar-refractivity contribution in [2.75, 3.05) is 5.88 Å². The molecule has 0 aromatic carbocycles. The molecule has 1 aromatic heterocycles. The maximum absolute atomic E-state index is 11.7. The topological polar surface area (TPSA) is 42.2 Å². The van der Waals surface area contributed by atoms with Gasteiger partial charge >= 0.3 is 0 Å². The van der Waals surface area contributed by atoms with E-state index in [0.717, 1.165) is 6.42 Å². The lowest BCUT2D eigenvalue weighted by Gasteiger charge is -2.17. The summed E-state index contributed by atoms with van der Waals surface area (Å²) in [7, 11) is 0. The van der Waals surface area contributed by atoms with Crippen LogP contribution in [0.25, 0.3) is 0 Å². The average molecular weight is 309 g/mol. The molecule has 1 N–H and O–H groups in total. The van der Waals surface area contributed by atoms with Crippen LogP contribution in [0, 0.1) is 5.92 Å². The number of carbonyl (C=O) groups is 1. The highest BCUT2D eigenvalue weighted by Gasteiger charge is 2.16. The van der Waals surface area contributed by atoms with Crippen LogP contribution >= 0.6 is 27.5 Å². The van der Waals surface area contributed by atoms with Crippen molar-refractivity contribution in [2.45, 2.75) is 26.3 Å². The van der Waals surface area contributed by atoms with E-state index in [9.17, 15) is 4.79 Å². The summed E-state index contributed by atoms with van der Waals surface area (Å²) in [5.74, 6) is 0.973. The third-order valence-electron chi connectivity index (χ3n) is 2.07. The Bertz CT molecular complexity index is 352. The van der Waals surface area contributed by atoms with Crippen LogP contribution in [0.5, 0.6) is 0 Å². The van der Waals surface area contributed by atoms with Crippen LogP contribution in [-0.4, -0.2) is 17.8 Å². The summed E-state index contributed by atoms with van der Waals surface area (Å²) in [6.45, 7) is 4.18. The molecule has 0 spiro atoms. The molecule has 0 saturated heterocycles. The smallest absolute Gasteiger partial charge is 0.287 e. The maximum atomic E-state index is 11.7. The number of hydrogen-bond acceptors (Lipinski definition) is 2. The molecule has 1 amide bonds. The molecule has 0 radical (unpaired) electrons. The predicted octanol–water partition coefficient (Wildman–Crippen LogP) is 3.43. The number of halogens is 2. The van der Waals surface area contributed by atoms with Crippen molar-refractivity contribution in [2.24, 2.45) is 5.92 Å². The molecule has 0 saturated carbocycles. The number of alkyl halides is 1. The summed E-state index contributed by atoms with van der Waals surface area (Å²) in [5, 5.41) is 2.84. The number of carbonyl (C=O) groups excluding carboxylic acids is 1. The summed E-state index contributed by atoms with van der Waals surface area (Å²) in [5.41, 5.74) is 0. The predicted molar refractivity (Wildman–Crippen MR) is 67.8 cm³/mol. The number of rotatable bonds is 5. The highest BCUT2D eigenvalue weighted by atomic mass is 79.9. The first-order valence-corrected chi connectivity index (χ1v) is 6.47. The Balaban J connectivity index is 2.55. The third-order valence-corrected chi connectivity index (χ3v) is 2.87. The van der Waals surface area contributed by atoms with Gasteiger partial charge in [-0.25, -0.2) is 0 Å². The molecule has 1 rings (SSSR count). The van der Waals surface area contributed by atoms with Gasteiger partial charge in [-0.05, 0) is 40.4 Å². The molecule has 0 aliphatic carbocycles. The minimum atomic E-state index is -0.225. The number of furan rings is 1. The highest BCUT2D eigenvalue weighted by Crippen LogP contribution is 2.14. The average Bonchev–Trinajstić information content (AvgIpc) is 2.63. The van der Waals surface area contributed by atoms with Crippen molar-refractivity contribution in [3.05, 3.63) is 22.6 Å². The Hall–Kier alpha value is -0.480. The SMILES string of the molecule is CC(C)CC(CCl)NC(=O)c1ccc(Br)o1. The second-order valence-corrected chi connectivity index (χ2v) is 5.15. The lowest BCUT2D eigenvalue weighted by molar-refractivity contribution is 0.0907. The first kappa shape index (κ1) is 13.6. The second-order valence-electron chi connectivity index (χ2n) is 4.06. The van der Waals surface area contributed by atoms with Crippen LogP contribution in [0.2, 0.25) is 0 Å². The van der Waals surface area contributed by atoms with E-state index in [1.165, 1.54) is 0 Å². The quantitative estimate of drug-likeness (QED) is 0.847. The molecule has 0 fully saturated rings. The third kappa shape index (κ3) is 4.18. The van der Waals surface area contributed by atoms with Gasteiger partial charge in [0, 0.05) is 11.9 Å². The maximum Gasteiger partial charge on any atom is 0.287 e.